The van der Waals surface area contributed by atoms with Gasteiger partial charge in [-0.3, -0.25) is 0 Å². The molecule has 0 bridgehead atoms. The molecule has 0 atom stereocenters. The Balaban J connectivity index is 2.20. The summed E-state index contributed by atoms with van der Waals surface area (Å²) in [4.78, 5) is 4.08. The summed E-state index contributed by atoms with van der Waals surface area (Å²) in [5, 5.41) is 1.93. The lowest BCUT2D eigenvalue weighted by Crippen LogP contribution is -2.39. The molecule has 2 N–H and O–H groups in total. The molecule has 1 aliphatic heterocycles. The van der Waals surface area contributed by atoms with Crippen LogP contribution in [0.3, 0.4) is 0 Å². The van der Waals surface area contributed by atoms with Gasteiger partial charge in [-0.15, -0.1) is 0 Å². The Bertz CT molecular complexity index is 587. The smallest absolute Gasteiger partial charge is 0.220 e. The van der Waals surface area contributed by atoms with Crippen molar-refractivity contribution in [3.05, 3.63) is 23.8 Å². The van der Waals surface area contributed by atoms with Gasteiger partial charge in [-0.05, 0) is 31.4 Å². The van der Waals surface area contributed by atoms with Gasteiger partial charge in [0.2, 0.25) is 5.95 Å². The van der Waals surface area contributed by atoms with Crippen molar-refractivity contribution in [3.8, 4) is 0 Å². The highest BCUT2D eigenvalue weighted by molar-refractivity contribution is 5.79. The van der Waals surface area contributed by atoms with E-state index in [2.05, 4.69) is 4.98 Å². The fraction of sp³-hybridized carbons (Fsp3) is 0.417. The highest BCUT2D eigenvalue weighted by Gasteiger charge is 2.21. The molecule has 0 spiro atoms. The number of hydrogen-bond acceptors (Lipinski definition) is 3. The number of benzene rings is 1. The maximum atomic E-state index is 13.9. The number of nitrogens with two attached hydrogens (primary N) is 1. The average Bonchev–Trinajstić information content (AvgIpc) is 2.72. The second kappa shape index (κ2) is 4.12. The predicted molar refractivity (Wildman–Crippen MR) is 65.9 cm³/mol. The molecule has 2 aromatic rings. The van der Waals surface area contributed by atoms with Crippen LogP contribution in [-0.2, 0) is 0 Å². The van der Waals surface area contributed by atoms with Gasteiger partial charge in [-0.25, -0.2) is 18.4 Å². The van der Waals surface area contributed by atoms with Crippen LogP contribution in [0, 0.1) is 11.6 Å². The van der Waals surface area contributed by atoms with Crippen molar-refractivity contribution in [2.24, 2.45) is 0 Å². The number of halogens is 2. The summed E-state index contributed by atoms with van der Waals surface area (Å²) < 4.78 is 28.7. The van der Waals surface area contributed by atoms with Gasteiger partial charge in [0.1, 0.15) is 5.52 Å². The van der Waals surface area contributed by atoms with Gasteiger partial charge < -0.3 is 10.7 Å². The third-order valence-electron chi connectivity index (χ3n) is 3.33. The van der Waals surface area contributed by atoms with E-state index in [1.54, 1.807) is 0 Å². The van der Waals surface area contributed by atoms with Crippen LogP contribution >= 0.6 is 0 Å². The fourth-order valence-electron chi connectivity index (χ4n) is 2.47. The second-order valence-corrected chi connectivity index (χ2v) is 4.53. The Morgan fingerprint density at radius 1 is 1.11 bits per heavy atom. The Morgan fingerprint density at radius 3 is 2.56 bits per heavy atom. The maximum absolute atomic E-state index is 13.9. The lowest BCUT2D eigenvalue weighted by atomic mass is 10.2. The molecule has 18 heavy (non-hydrogen) atoms. The number of nitrogen functional groups attached to an aromatic ring is 1. The van der Waals surface area contributed by atoms with Crippen molar-refractivity contribution in [3.63, 3.8) is 0 Å². The molecule has 1 aromatic heterocycles. The lowest BCUT2D eigenvalue weighted by molar-refractivity contribution is 0.476. The van der Waals surface area contributed by atoms with E-state index in [0.29, 0.717) is 5.52 Å². The minimum absolute atomic E-state index is 0.134. The number of anilines is 1. The summed E-state index contributed by atoms with van der Waals surface area (Å²) >= 11 is 0. The van der Waals surface area contributed by atoms with Crippen LogP contribution in [0.15, 0.2) is 12.1 Å². The van der Waals surface area contributed by atoms with Crippen molar-refractivity contribution < 1.29 is 8.78 Å². The van der Waals surface area contributed by atoms with Crippen molar-refractivity contribution in [1.29, 1.82) is 0 Å². The summed E-state index contributed by atoms with van der Waals surface area (Å²) in [5.41, 5.74) is 6.34. The van der Waals surface area contributed by atoms with Crippen molar-refractivity contribution >= 4 is 17.0 Å². The number of hydrogen-bond donors (Lipinski definition) is 1. The summed E-state index contributed by atoms with van der Waals surface area (Å²) in [6, 6.07) is 2.52. The molecule has 0 radical (unpaired) electrons. The molecule has 1 aromatic carbocycles. The monoisotopic (exact) mass is 252 g/mol. The van der Waals surface area contributed by atoms with Crippen molar-refractivity contribution in [2.45, 2.75) is 19.3 Å². The zero-order chi connectivity index (χ0) is 12.7. The molecule has 2 heterocycles. The summed E-state index contributed by atoms with van der Waals surface area (Å²) in [6.07, 6.45) is 3.20. The van der Waals surface area contributed by atoms with Gasteiger partial charge in [0.15, 0.2) is 11.6 Å². The molecular formula is C12H14F2N4. The van der Waals surface area contributed by atoms with Crippen LogP contribution in [0.5, 0.6) is 0 Å². The molecule has 0 amide bonds. The van der Waals surface area contributed by atoms with E-state index >= 15 is 0 Å². The Labute approximate surface area is 103 Å². The normalized spacial score (nSPS) is 16.4. The minimum atomic E-state index is -0.887. The predicted octanol–water partition coefficient (Wildman–Crippen LogP) is 2.02. The van der Waals surface area contributed by atoms with Crippen LogP contribution in [0.25, 0.3) is 11.0 Å². The maximum Gasteiger partial charge on any atom is 0.220 e. The molecule has 1 aliphatic rings. The summed E-state index contributed by atoms with van der Waals surface area (Å²) in [6.45, 7) is 1.57. The van der Waals surface area contributed by atoms with E-state index in [1.165, 1.54) is 10.7 Å². The van der Waals surface area contributed by atoms with Gasteiger partial charge in [-0.1, -0.05) is 0 Å². The molecule has 0 unspecified atom stereocenters. The van der Waals surface area contributed by atoms with Crippen LogP contribution in [0.2, 0.25) is 0 Å². The SMILES string of the molecule is Nc1nc2ccc(F)c(F)c2n1N1CCCCC1. The van der Waals surface area contributed by atoms with E-state index in [-0.39, 0.29) is 11.5 Å². The van der Waals surface area contributed by atoms with E-state index in [1.807, 2.05) is 5.01 Å². The largest absolute Gasteiger partial charge is 0.368 e. The van der Waals surface area contributed by atoms with Gasteiger partial charge in [-0.2, -0.15) is 0 Å². The molecular weight excluding hydrogens is 238 g/mol. The summed E-state index contributed by atoms with van der Waals surface area (Å²) in [7, 11) is 0. The second-order valence-electron chi connectivity index (χ2n) is 4.53. The standard InChI is InChI=1S/C12H14F2N4/c13-8-4-5-9-11(10(8)14)18(12(15)16-9)17-6-2-1-3-7-17/h4-5H,1-3,6-7H2,(H2,15,16). The molecule has 3 rings (SSSR count). The number of fused-ring (bicyclic) bond motifs is 1. The molecule has 1 saturated heterocycles. The Kier molecular flexibility index (Phi) is 2.57. The van der Waals surface area contributed by atoms with Crippen LogP contribution in [0.4, 0.5) is 14.7 Å². The van der Waals surface area contributed by atoms with Gasteiger partial charge in [0, 0.05) is 13.1 Å². The van der Waals surface area contributed by atoms with E-state index in [4.69, 9.17) is 5.73 Å². The Morgan fingerprint density at radius 2 is 1.83 bits per heavy atom. The fourth-order valence-corrected chi connectivity index (χ4v) is 2.47. The number of nitrogens with zero attached hydrogens (tertiary/aromatic N) is 3. The van der Waals surface area contributed by atoms with Crippen molar-refractivity contribution in [1.82, 2.24) is 9.66 Å². The highest BCUT2D eigenvalue weighted by Crippen LogP contribution is 2.24. The zero-order valence-corrected chi connectivity index (χ0v) is 9.87. The first-order chi connectivity index (χ1) is 8.68. The molecule has 1 fully saturated rings. The van der Waals surface area contributed by atoms with Gasteiger partial charge >= 0.3 is 0 Å². The molecule has 6 heteroatoms. The van der Waals surface area contributed by atoms with E-state index in [9.17, 15) is 8.78 Å². The quantitative estimate of drug-likeness (QED) is 0.844. The number of rotatable bonds is 1. The molecule has 0 aliphatic carbocycles. The third-order valence-corrected chi connectivity index (χ3v) is 3.33. The van der Waals surface area contributed by atoms with Gasteiger partial charge in [0.25, 0.3) is 0 Å². The topological polar surface area (TPSA) is 47.1 Å². The van der Waals surface area contributed by atoms with Gasteiger partial charge in [0.05, 0.1) is 5.52 Å². The van der Waals surface area contributed by atoms with Crippen molar-refractivity contribution in [2.75, 3.05) is 23.8 Å². The average molecular weight is 252 g/mol. The zero-order valence-electron chi connectivity index (χ0n) is 9.87. The minimum Gasteiger partial charge on any atom is -0.368 e. The molecule has 96 valence electrons. The third kappa shape index (κ3) is 1.60. The Hall–Kier alpha value is -1.85. The van der Waals surface area contributed by atoms with Crippen LogP contribution < -0.4 is 10.7 Å². The van der Waals surface area contributed by atoms with Crippen LogP contribution in [-0.4, -0.2) is 22.7 Å². The number of imidazole rings is 1. The first-order valence-corrected chi connectivity index (χ1v) is 6.05. The summed E-state index contributed by atoms with van der Waals surface area (Å²) in [5.74, 6) is -1.56. The lowest BCUT2D eigenvalue weighted by Gasteiger charge is -2.30. The first-order valence-electron chi connectivity index (χ1n) is 6.05. The first kappa shape index (κ1) is 11.3. The van der Waals surface area contributed by atoms with Crippen LogP contribution in [0.1, 0.15) is 19.3 Å². The molecule has 4 nitrogen and oxygen atoms in total. The number of aromatic nitrogens is 2. The number of piperidine rings is 1. The molecule has 0 saturated carbocycles. The highest BCUT2D eigenvalue weighted by atomic mass is 19.2. The van der Waals surface area contributed by atoms with E-state index in [0.717, 1.165) is 38.4 Å². The van der Waals surface area contributed by atoms with E-state index < -0.39 is 11.6 Å².